The van der Waals surface area contributed by atoms with Crippen LogP contribution in [0.3, 0.4) is 0 Å². The van der Waals surface area contributed by atoms with Gasteiger partial charge in [0, 0.05) is 13.3 Å². The van der Waals surface area contributed by atoms with Crippen molar-refractivity contribution in [3.63, 3.8) is 0 Å². The van der Waals surface area contributed by atoms with E-state index in [1.807, 2.05) is 5.32 Å². The van der Waals surface area contributed by atoms with Crippen LogP contribution in [0.15, 0.2) is 4.52 Å². The Hall–Kier alpha value is -4.19. The zero-order chi connectivity index (χ0) is 23.9. The fourth-order valence-corrected chi connectivity index (χ4v) is 1.56. The number of aliphatic carboxylic acids is 1. The summed E-state index contributed by atoms with van der Waals surface area (Å²) in [5.41, 5.74) is 20.0. The number of urea groups is 1. The topological polar surface area (TPSA) is 273 Å². The third-order valence-corrected chi connectivity index (χ3v) is 2.65. The van der Waals surface area contributed by atoms with Crippen LogP contribution in [0.1, 0.15) is 37.5 Å². The van der Waals surface area contributed by atoms with Crippen molar-refractivity contribution in [2.45, 2.75) is 38.4 Å². The molecule has 0 aliphatic rings. The molecule has 0 spiro atoms. The van der Waals surface area contributed by atoms with E-state index in [2.05, 4.69) is 34.0 Å². The zero-order valence-electron chi connectivity index (χ0n) is 16.0. The van der Waals surface area contributed by atoms with Gasteiger partial charge in [0.05, 0.1) is 19.0 Å². The van der Waals surface area contributed by atoms with Crippen molar-refractivity contribution in [2.24, 2.45) is 22.9 Å². The Labute approximate surface area is 170 Å². The third-order valence-electron chi connectivity index (χ3n) is 2.65. The number of rotatable bonds is 9. The van der Waals surface area contributed by atoms with Crippen LogP contribution in [0.4, 0.5) is 4.79 Å². The van der Waals surface area contributed by atoms with Crippen LogP contribution in [-0.2, 0) is 25.7 Å². The molecule has 5 amide bonds. The number of terminal acetylenes is 1. The molecule has 0 saturated heterocycles. The SMILES string of the molecule is C#C.CC(N)=O.NC(=O)C[C@H](NC(=O)NCc1nc([C@@H](N)CC(N)=O)no1)C(=O)O. The van der Waals surface area contributed by atoms with Gasteiger partial charge in [0.1, 0.15) is 6.04 Å². The van der Waals surface area contributed by atoms with Crippen molar-refractivity contribution in [2.75, 3.05) is 0 Å². The maximum absolute atomic E-state index is 11.6. The molecule has 0 fully saturated rings. The molecular weight excluding hydrogens is 404 g/mol. The molecule has 11 N–H and O–H groups in total. The fraction of sp³-hybridized carbons (Fsp3) is 0.400. The maximum atomic E-state index is 11.6. The van der Waals surface area contributed by atoms with Crippen molar-refractivity contribution >= 4 is 29.7 Å². The summed E-state index contributed by atoms with van der Waals surface area (Å²) in [7, 11) is 0. The van der Waals surface area contributed by atoms with Crippen molar-refractivity contribution in [1.82, 2.24) is 20.8 Å². The molecule has 1 aromatic heterocycles. The molecular formula is C15H24N8O7. The van der Waals surface area contributed by atoms with Crippen LogP contribution < -0.4 is 33.6 Å². The lowest BCUT2D eigenvalue weighted by Gasteiger charge is -2.12. The summed E-state index contributed by atoms with van der Waals surface area (Å²) in [5, 5.41) is 16.7. The lowest BCUT2D eigenvalue weighted by molar-refractivity contribution is -0.140. The number of nitrogens with two attached hydrogens (primary N) is 4. The van der Waals surface area contributed by atoms with Gasteiger partial charge in [-0.25, -0.2) is 9.59 Å². The number of nitrogens with one attached hydrogen (secondary N) is 2. The van der Waals surface area contributed by atoms with E-state index >= 15 is 0 Å². The van der Waals surface area contributed by atoms with Gasteiger partial charge in [0.15, 0.2) is 5.82 Å². The molecule has 1 rings (SSSR count). The van der Waals surface area contributed by atoms with Crippen LogP contribution in [0.5, 0.6) is 0 Å². The minimum atomic E-state index is -1.47. The number of hydrogen-bond acceptors (Lipinski definition) is 9. The molecule has 1 aromatic rings. The Morgan fingerprint density at radius 2 is 1.60 bits per heavy atom. The van der Waals surface area contributed by atoms with Gasteiger partial charge in [0.25, 0.3) is 0 Å². The summed E-state index contributed by atoms with van der Waals surface area (Å²) in [5.74, 6) is -3.26. The van der Waals surface area contributed by atoms with E-state index in [4.69, 9.17) is 26.8 Å². The average molecular weight is 428 g/mol. The number of carboxylic acids is 1. The largest absolute Gasteiger partial charge is 0.480 e. The summed E-state index contributed by atoms with van der Waals surface area (Å²) in [6.07, 6.45) is 7.26. The number of primary amides is 3. The highest BCUT2D eigenvalue weighted by atomic mass is 16.5. The van der Waals surface area contributed by atoms with Gasteiger partial charge >= 0.3 is 12.0 Å². The third kappa shape index (κ3) is 13.9. The normalized spacial score (nSPS) is 11.2. The highest BCUT2D eigenvalue weighted by Gasteiger charge is 2.22. The summed E-state index contributed by atoms with van der Waals surface area (Å²) >= 11 is 0. The number of carbonyl (C=O) groups excluding carboxylic acids is 4. The molecule has 0 aliphatic heterocycles. The van der Waals surface area contributed by atoms with Crippen LogP contribution in [0.25, 0.3) is 0 Å². The van der Waals surface area contributed by atoms with Gasteiger partial charge in [-0.05, 0) is 0 Å². The summed E-state index contributed by atoms with van der Waals surface area (Å²) < 4.78 is 4.81. The number of nitrogens with zero attached hydrogens (tertiary/aromatic N) is 2. The monoisotopic (exact) mass is 428 g/mol. The molecule has 0 saturated carbocycles. The van der Waals surface area contributed by atoms with Crippen LogP contribution in [-0.4, -0.2) is 51.0 Å². The lowest BCUT2D eigenvalue weighted by Crippen LogP contribution is -2.47. The molecule has 15 heteroatoms. The minimum absolute atomic E-state index is 0.0261. The molecule has 0 radical (unpaired) electrons. The summed E-state index contributed by atoms with van der Waals surface area (Å²) in [6, 6.07) is -3.20. The van der Waals surface area contributed by atoms with E-state index in [9.17, 15) is 24.0 Å². The van der Waals surface area contributed by atoms with Gasteiger partial charge in [-0.15, -0.1) is 12.8 Å². The molecule has 1 heterocycles. The first kappa shape index (κ1) is 28.0. The Morgan fingerprint density at radius 1 is 1.10 bits per heavy atom. The maximum Gasteiger partial charge on any atom is 0.326 e. The highest BCUT2D eigenvalue weighted by molar-refractivity contribution is 5.87. The van der Waals surface area contributed by atoms with E-state index in [-0.39, 0.29) is 30.6 Å². The van der Waals surface area contributed by atoms with E-state index in [0.29, 0.717) is 0 Å². The Morgan fingerprint density at radius 3 is 2.03 bits per heavy atom. The Kier molecular flexibility index (Phi) is 13.8. The second-order valence-corrected chi connectivity index (χ2v) is 5.32. The predicted octanol–water partition coefficient (Wildman–Crippen LogP) is -3.19. The molecule has 0 aromatic carbocycles. The first-order valence-electron chi connectivity index (χ1n) is 7.93. The van der Waals surface area contributed by atoms with Crippen molar-refractivity contribution in [3.8, 4) is 12.8 Å². The van der Waals surface area contributed by atoms with Crippen molar-refractivity contribution in [3.05, 3.63) is 11.7 Å². The number of carboxylic acid groups (broad SMARTS) is 1. The summed E-state index contributed by atoms with van der Waals surface area (Å²) in [4.78, 5) is 57.0. The van der Waals surface area contributed by atoms with Crippen LogP contribution in [0.2, 0.25) is 0 Å². The second-order valence-electron chi connectivity index (χ2n) is 5.32. The molecule has 166 valence electrons. The predicted molar refractivity (Wildman–Crippen MR) is 100 cm³/mol. The van der Waals surface area contributed by atoms with Gasteiger partial charge in [-0.2, -0.15) is 4.98 Å². The van der Waals surface area contributed by atoms with E-state index in [0.717, 1.165) is 0 Å². The smallest absolute Gasteiger partial charge is 0.326 e. The Balaban J connectivity index is 0. The van der Waals surface area contributed by atoms with Gasteiger partial charge in [-0.3, -0.25) is 14.4 Å². The van der Waals surface area contributed by atoms with Crippen molar-refractivity contribution in [1.29, 1.82) is 0 Å². The van der Waals surface area contributed by atoms with Gasteiger partial charge in [0.2, 0.25) is 23.6 Å². The molecule has 0 bridgehead atoms. The second kappa shape index (κ2) is 14.8. The number of hydrogen-bond donors (Lipinski definition) is 7. The molecule has 0 unspecified atom stereocenters. The molecule has 0 aliphatic carbocycles. The standard InChI is InChI=1S/C11H17N7O6.C2H5NO.C2H2/c12-4(1-6(13)19)9-17-8(24-18-9)3-15-11(23)16-5(10(21)22)2-7(14)20;1-2(3)4;1-2/h4-5H,1-3,12H2,(H2,13,19)(H2,14,20)(H,21,22)(H2,15,16,23);1H3,(H2,3,4);1-2H/t4-,5-;;/m0../s1. The number of amides is 5. The first-order valence-corrected chi connectivity index (χ1v) is 7.93. The van der Waals surface area contributed by atoms with Gasteiger partial charge in [-0.1, -0.05) is 5.16 Å². The highest BCUT2D eigenvalue weighted by Crippen LogP contribution is 2.09. The van der Waals surface area contributed by atoms with E-state index in [1.54, 1.807) is 0 Å². The van der Waals surface area contributed by atoms with E-state index in [1.165, 1.54) is 6.92 Å². The van der Waals surface area contributed by atoms with Crippen molar-refractivity contribution < 1.29 is 33.6 Å². The number of carbonyl (C=O) groups is 5. The Bertz CT molecular complexity index is 757. The quantitative estimate of drug-likeness (QED) is 0.193. The minimum Gasteiger partial charge on any atom is -0.480 e. The zero-order valence-corrected chi connectivity index (χ0v) is 16.0. The average Bonchev–Trinajstić information content (AvgIpc) is 3.09. The fourth-order valence-electron chi connectivity index (χ4n) is 1.56. The van der Waals surface area contributed by atoms with Crippen LogP contribution in [0, 0.1) is 12.8 Å². The lowest BCUT2D eigenvalue weighted by atomic mass is 10.2. The van der Waals surface area contributed by atoms with Crippen LogP contribution >= 0.6 is 0 Å². The van der Waals surface area contributed by atoms with Gasteiger partial charge < -0.3 is 43.2 Å². The number of aromatic nitrogens is 2. The molecule has 2 atom stereocenters. The van der Waals surface area contributed by atoms with E-state index < -0.39 is 42.3 Å². The summed E-state index contributed by atoms with van der Waals surface area (Å²) in [6.45, 7) is 1.07. The molecule has 30 heavy (non-hydrogen) atoms. The molecule has 15 nitrogen and oxygen atoms in total. The first-order chi connectivity index (χ1) is 13.9.